The number of nitrogens with zero attached hydrogens (tertiary/aromatic N) is 2. The first-order valence-electron chi connectivity index (χ1n) is 19.5. The quantitative estimate of drug-likeness (QED) is 0.154. The van der Waals surface area contributed by atoms with E-state index in [1.807, 2.05) is 12.3 Å². The number of H-pyrrole nitrogens is 1. The molecule has 5 aromatic carbocycles. The fourth-order valence-electron chi connectivity index (χ4n) is 8.62. The molecule has 0 spiro atoms. The topological polar surface area (TPSA) is 52.5 Å². The number of benzene rings is 5. The summed E-state index contributed by atoms with van der Waals surface area (Å²) in [5.74, 6) is 2.65. The van der Waals surface area contributed by atoms with Crippen molar-refractivity contribution < 1.29 is 0 Å². The molecule has 2 unspecified atom stereocenters. The number of aromatic amines is 1. The van der Waals surface area contributed by atoms with Crippen LogP contribution in [0.4, 0.5) is 0 Å². The highest BCUT2D eigenvalue weighted by molar-refractivity contribution is 6.16. The summed E-state index contributed by atoms with van der Waals surface area (Å²) >= 11 is 0. The van der Waals surface area contributed by atoms with Gasteiger partial charge in [0.2, 0.25) is 0 Å². The van der Waals surface area contributed by atoms with Crippen LogP contribution in [0.3, 0.4) is 0 Å². The van der Waals surface area contributed by atoms with Crippen molar-refractivity contribution in [2.45, 2.75) is 37.8 Å². The number of aliphatic imine (C=N–C) groups is 2. The molecule has 3 atom stereocenters. The molecule has 4 aliphatic rings. The Bertz CT molecular complexity index is 2550. The maximum atomic E-state index is 5.36. The molecule has 6 aromatic rings. The van der Waals surface area contributed by atoms with Crippen molar-refractivity contribution >= 4 is 11.7 Å². The van der Waals surface area contributed by atoms with Crippen molar-refractivity contribution in [1.29, 1.82) is 0 Å². The molecule has 0 fully saturated rings. The maximum Gasteiger partial charge on any atom is 0.170 e. The van der Waals surface area contributed by atoms with E-state index in [1.165, 1.54) is 28.7 Å². The second kappa shape index (κ2) is 14.4. The maximum absolute atomic E-state index is 5.36. The minimum absolute atomic E-state index is 0.419. The Labute approximate surface area is 323 Å². The van der Waals surface area contributed by atoms with Crippen LogP contribution in [0.15, 0.2) is 197 Å². The van der Waals surface area contributed by atoms with Crippen LogP contribution in [0.25, 0.3) is 33.5 Å². The number of allylic oxidation sites excluding steroid dienone is 8. The standard InChI is InChI=1S/C51H42N4/c1-3-11-34(12-4-1)31-40-15-9-18-44(40)47-33-42-32-41(28-29-45(42)47)50-53-49(39-26-20-36(21-27-39)35-13-5-2-6-14-35)54-51(55-50)46-17-8-7-16-43(46)37-22-24-38(25-23-37)48-19-10-30-52-48/h1-3,5-11,13-30,32,40,47,51-52H,4,12,31,33H2,(H,53,54,55)/t40?,47-,51?/m0/s1. The van der Waals surface area contributed by atoms with Crippen molar-refractivity contribution in [2.75, 3.05) is 0 Å². The minimum atomic E-state index is -0.419. The van der Waals surface area contributed by atoms with Crippen LogP contribution in [-0.4, -0.2) is 16.7 Å². The summed E-state index contributed by atoms with van der Waals surface area (Å²) in [4.78, 5) is 14.0. The second-order valence-corrected chi connectivity index (χ2v) is 15.0. The van der Waals surface area contributed by atoms with E-state index in [0.717, 1.165) is 70.0 Å². The number of fused-ring (bicyclic) bond motifs is 1. The van der Waals surface area contributed by atoms with Gasteiger partial charge in [-0.15, -0.1) is 0 Å². The van der Waals surface area contributed by atoms with Gasteiger partial charge in [0, 0.05) is 40.4 Å². The van der Waals surface area contributed by atoms with Gasteiger partial charge < -0.3 is 10.3 Å². The molecule has 0 bridgehead atoms. The monoisotopic (exact) mass is 710 g/mol. The van der Waals surface area contributed by atoms with E-state index in [2.05, 4.69) is 174 Å². The predicted molar refractivity (Wildman–Crippen MR) is 227 cm³/mol. The van der Waals surface area contributed by atoms with Crippen LogP contribution in [0.2, 0.25) is 0 Å². The molecule has 2 N–H and O–H groups in total. The van der Waals surface area contributed by atoms with Gasteiger partial charge in [-0.3, -0.25) is 0 Å². The van der Waals surface area contributed by atoms with Gasteiger partial charge in [0.15, 0.2) is 6.17 Å². The number of aromatic nitrogens is 1. The molecule has 0 radical (unpaired) electrons. The second-order valence-electron chi connectivity index (χ2n) is 15.0. The molecule has 1 aromatic heterocycles. The Morgan fingerprint density at radius 2 is 1.33 bits per heavy atom. The lowest BCUT2D eigenvalue weighted by atomic mass is 9.69. The molecule has 266 valence electrons. The molecular weight excluding hydrogens is 669 g/mol. The van der Waals surface area contributed by atoms with Crippen LogP contribution in [0.1, 0.15) is 59.2 Å². The lowest BCUT2D eigenvalue weighted by Gasteiger charge is -2.35. The third-order valence-corrected chi connectivity index (χ3v) is 11.6. The lowest BCUT2D eigenvalue weighted by molar-refractivity contribution is 0.599. The highest BCUT2D eigenvalue weighted by Gasteiger charge is 2.34. The van der Waals surface area contributed by atoms with E-state index in [4.69, 9.17) is 9.98 Å². The number of amidine groups is 2. The number of hydrogen-bond donors (Lipinski definition) is 2. The van der Waals surface area contributed by atoms with Crippen LogP contribution < -0.4 is 5.32 Å². The Morgan fingerprint density at radius 1 is 0.600 bits per heavy atom. The summed E-state index contributed by atoms with van der Waals surface area (Å²) < 4.78 is 0. The zero-order chi connectivity index (χ0) is 36.6. The summed E-state index contributed by atoms with van der Waals surface area (Å²) in [6.07, 6.45) is 20.0. The largest absolute Gasteiger partial charge is 0.361 e. The first-order chi connectivity index (χ1) is 27.2. The van der Waals surface area contributed by atoms with Crippen LogP contribution >= 0.6 is 0 Å². The van der Waals surface area contributed by atoms with Crippen molar-refractivity contribution in [1.82, 2.24) is 10.3 Å². The zero-order valence-corrected chi connectivity index (χ0v) is 30.7. The Kier molecular flexibility index (Phi) is 8.64. The first kappa shape index (κ1) is 33.1. The van der Waals surface area contributed by atoms with Crippen molar-refractivity contribution in [3.63, 3.8) is 0 Å². The summed E-state index contributed by atoms with van der Waals surface area (Å²) in [5, 5.41) is 3.68. The van der Waals surface area contributed by atoms with Crippen molar-refractivity contribution in [2.24, 2.45) is 15.9 Å². The SMILES string of the molecule is C1=CCCC(CC2C=CC=C2[C@@H]2Cc3cc(C4=NC(c5ccccc5-c5ccc(-c6ccc[nH]6)cc5)N=C(c5ccc(-c6ccccc6)cc5)N4)ccc32)=C1. The minimum Gasteiger partial charge on any atom is -0.361 e. The van der Waals surface area contributed by atoms with E-state index >= 15 is 0 Å². The molecular formula is C51H42N4. The summed E-state index contributed by atoms with van der Waals surface area (Å²) in [5.41, 5.74) is 16.1. The zero-order valence-electron chi connectivity index (χ0n) is 30.7. The normalized spacial score (nSPS) is 19.7. The Morgan fingerprint density at radius 3 is 2.11 bits per heavy atom. The highest BCUT2D eigenvalue weighted by atomic mass is 15.2. The van der Waals surface area contributed by atoms with Gasteiger partial charge >= 0.3 is 0 Å². The predicted octanol–water partition coefficient (Wildman–Crippen LogP) is 11.9. The molecule has 0 saturated carbocycles. The van der Waals surface area contributed by atoms with E-state index < -0.39 is 6.17 Å². The average molecular weight is 711 g/mol. The van der Waals surface area contributed by atoms with Gasteiger partial charge in [0.25, 0.3) is 0 Å². The van der Waals surface area contributed by atoms with Gasteiger partial charge in [0.05, 0.1) is 0 Å². The molecule has 10 rings (SSSR count). The summed E-state index contributed by atoms with van der Waals surface area (Å²) in [6, 6.07) is 47.6. The fraction of sp³-hybridized carbons (Fsp3) is 0.137. The first-order valence-corrected chi connectivity index (χ1v) is 19.5. The van der Waals surface area contributed by atoms with E-state index in [-0.39, 0.29) is 0 Å². The van der Waals surface area contributed by atoms with Crippen LogP contribution in [0, 0.1) is 5.92 Å². The van der Waals surface area contributed by atoms with Crippen LogP contribution in [0.5, 0.6) is 0 Å². The molecule has 0 amide bonds. The van der Waals surface area contributed by atoms with Gasteiger partial charge in [-0.25, -0.2) is 9.98 Å². The van der Waals surface area contributed by atoms with Crippen LogP contribution in [-0.2, 0) is 6.42 Å². The lowest BCUT2D eigenvalue weighted by Crippen LogP contribution is -2.36. The third kappa shape index (κ3) is 6.55. The third-order valence-electron chi connectivity index (χ3n) is 11.6. The summed E-state index contributed by atoms with van der Waals surface area (Å²) in [6.45, 7) is 0. The van der Waals surface area contributed by atoms with Gasteiger partial charge in [-0.05, 0) is 82.8 Å². The molecule has 4 heteroatoms. The smallest absolute Gasteiger partial charge is 0.170 e. The molecule has 4 nitrogen and oxygen atoms in total. The number of nitrogens with one attached hydrogen (secondary N) is 2. The number of rotatable bonds is 9. The Balaban J connectivity index is 0.977. The van der Waals surface area contributed by atoms with Crippen molar-refractivity contribution in [3.05, 3.63) is 215 Å². The fourth-order valence-corrected chi connectivity index (χ4v) is 8.62. The van der Waals surface area contributed by atoms with E-state index in [1.54, 1.807) is 11.1 Å². The molecule has 2 heterocycles. The van der Waals surface area contributed by atoms with Crippen molar-refractivity contribution in [3.8, 4) is 33.5 Å². The molecule has 55 heavy (non-hydrogen) atoms. The molecule has 0 saturated heterocycles. The number of hydrogen-bond acceptors (Lipinski definition) is 3. The highest BCUT2D eigenvalue weighted by Crippen LogP contribution is 2.47. The summed E-state index contributed by atoms with van der Waals surface area (Å²) in [7, 11) is 0. The molecule has 3 aliphatic carbocycles. The van der Waals surface area contributed by atoms with E-state index in [0.29, 0.717) is 11.8 Å². The molecule has 1 aliphatic heterocycles. The average Bonchev–Trinajstić information content (AvgIpc) is 3.95. The van der Waals surface area contributed by atoms with Gasteiger partial charge in [0.1, 0.15) is 11.7 Å². The van der Waals surface area contributed by atoms with Gasteiger partial charge in [-0.2, -0.15) is 0 Å². The Hall–Kier alpha value is -6.52. The van der Waals surface area contributed by atoms with Gasteiger partial charge in [-0.1, -0.05) is 163 Å². The van der Waals surface area contributed by atoms with E-state index in [9.17, 15) is 0 Å².